The fourth-order valence-corrected chi connectivity index (χ4v) is 1.45. The lowest BCUT2D eigenvalue weighted by atomic mass is 9.78. The normalized spacial score (nSPS) is 13.7. The van der Waals surface area contributed by atoms with Gasteiger partial charge in [-0.3, -0.25) is 0 Å². The summed E-state index contributed by atoms with van der Waals surface area (Å²) in [5, 5.41) is 0. The van der Waals surface area contributed by atoms with Crippen molar-refractivity contribution in [1.82, 2.24) is 0 Å². The van der Waals surface area contributed by atoms with Gasteiger partial charge in [0.05, 0.1) is 7.11 Å². The lowest BCUT2D eigenvalue weighted by Gasteiger charge is -2.27. The molecule has 1 aromatic carbocycles. The Morgan fingerprint density at radius 1 is 1.27 bits per heavy atom. The van der Waals surface area contributed by atoms with E-state index in [1.807, 2.05) is 6.07 Å². The van der Waals surface area contributed by atoms with Crippen molar-refractivity contribution >= 4 is 0 Å². The highest BCUT2D eigenvalue weighted by Gasteiger charge is 2.22. The van der Waals surface area contributed by atoms with Crippen LogP contribution < -0.4 is 4.74 Å². The van der Waals surface area contributed by atoms with E-state index in [1.54, 1.807) is 12.1 Å². The molecule has 0 N–H and O–H groups in total. The van der Waals surface area contributed by atoms with Crippen molar-refractivity contribution in [2.75, 3.05) is 7.11 Å². The molecule has 0 fully saturated rings. The molecule has 15 heavy (non-hydrogen) atoms. The van der Waals surface area contributed by atoms with Crippen LogP contribution in [0, 0.1) is 11.2 Å². The van der Waals surface area contributed by atoms with Crippen molar-refractivity contribution in [2.24, 2.45) is 5.41 Å². The Kier molecular flexibility index (Phi) is 3.38. The van der Waals surface area contributed by atoms with E-state index in [-0.39, 0.29) is 11.2 Å². The highest BCUT2D eigenvalue weighted by Crippen LogP contribution is 2.35. The van der Waals surface area contributed by atoms with E-state index in [2.05, 4.69) is 27.7 Å². The molecular weight excluding hydrogens is 191 g/mol. The SMILES string of the molecule is COc1ccc(C(C)C(C)(C)C)cc1F. The van der Waals surface area contributed by atoms with Gasteiger partial charge < -0.3 is 4.74 Å². The van der Waals surface area contributed by atoms with Gasteiger partial charge in [-0.05, 0) is 29.0 Å². The van der Waals surface area contributed by atoms with E-state index < -0.39 is 0 Å². The van der Waals surface area contributed by atoms with Crippen LogP contribution in [0.1, 0.15) is 39.2 Å². The molecule has 0 spiro atoms. The molecule has 0 saturated heterocycles. The quantitative estimate of drug-likeness (QED) is 0.717. The molecule has 84 valence electrons. The van der Waals surface area contributed by atoms with E-state index in [9.17, 15) is 4.39 Å². The fraction of sp³-hybridized carbons (Fsp3) is 0.538. The van der Waals surface area contributed by atoms with Gasteiger partial charge in [-0.2, -0.15) is 0 Å². The lowest BCUT2D eigenvalue weighted by molar-refractivity contribution is 0.337. The first-order chi connectivity index (χ1) is 6.86. The number of hydrogen-bond acceptors (Lipinski definition) is 1. The first kappa shape index (κ1) is 12.0. The number of halogens is 1. The molecule has 0 aliphatic heterocycles. The minimum Gasteiger partial charge on any atom is -0.494 e. The number of hydrogen-bond donors (Lipinski definition) is 0. The Morgan fingerprint density at radius 2 is 1.87 bits per heavy atom. The van der Waals surface area contributed by atoms with Crippen LogP contribution in [0.2, 0.25) is 0 Å². The van der Waals surface area contributed by atoms with Gasteiger partial charge in [-0.1, -0.05) is 33.8 Å². The third-order valence-corrected chi connectivity index (χ3v) is 2.97. The maximum absolute atomic E-state index is 13.5. The van der Waals surface area contributed by atoms with Crippen LogP contribution in [0.4, 0.5) is 4.39 Å². The minimum absolute atomic E-state index is 0.140. The van der Waals surface area contributed by atoms with Crippen LogP contribution in [0.5, 0.6) is 5.75 Å². The largest absolute Gasteiger partial charge is 0.494 e. The molecule has 0 amide bonds. The van der Waals surface area contributed by atoms with Crippen molar-refractivity contribution in [3.05, 3.63) is 29.6 Å². The second-order valence-electron chi connectivity index (χ2n) is 4.98. The van der Waals surface area contributed by atoms with E-state index in [1.165, 1.54) is 7.11 Å². The predicted octanol–water partition coefficient (Wildman–Crippen LogP) is 3.98. The lowest BCUT2D eigenvalue weighted by Crippen LogP contribution is -2.15. The van der Waals surface area contributed by atoms with Gasteiger partial charge in [-0.15, -0.1) is 0 Å². The summed E-state index contributed by atoms with van der Waals surface area (Å²) < 4.78 is 18.4. The summed E-state index contributed by atoms with van der Waals surface area (Å²) in [4.78, 5) is 0. The van der Waals surface area contributed by atoms with Crippen LogP contribution in [0.25, 0.3) is 0 Å². The molecule has 0 heterocycles. The van der Waals surface area contributed by atoms with Gasteiger partial charge in [0.1, 0.15) is 0 Å². The zero-order chi connectivity index (χ0) is 11.6. The Hall–Kier alpha value is -1.05. The summed E-state index contributed by atoms with van der Waals surface area (Å²) in [5.74, 6) is 0.337. The van der Waals surface area contributed by atoms with Gasteiger partial charge >= 0.3 is 0 Å². The topological polar surface area (TPSA) is 9.23 Å². The van der Waals surface area contributed by atoms with Crippen LogP contribution in [-0.4, -0.2) is 7.11 Å². The van der Waals surface area contributed by atoms with E-state index in [0.29, 0.717) is 11.7 Å². The monoisotopic (exact) mass is 210 g/mol. The smallest absolute Gasteiger partial charge is 0.165 e. The van der Waals surface area contributed by atoms with Crippen molar-refractivity contribution < 1.29 is 9.13 Å². The Morgan fingerprint density at radius 3 is 2.27 bits per heavy atom. The van der Waals surface area contributed by atoms with Gasteiger partial charge in [-0.25, -0.2) is 4.39 Å². The standard InChI is InChI=1S/C13H19FO/c1-9(13(2,3)4)10-6-7-12(15-5)11(14)8-10/h6-9H,1-5H3. The summed E-state index contributed by atoms with van der Waals surface area (Å²) in [5.41, 5.74) is 1.15. The molecule has 0 aliphatic rings. The average molecular weight is 210 g/mol. The molecule has 1 rings (SSSR count). The first-order valence-corrected chi connectivity index (χ1v) is 5.19. The summed E-state index contributed by atoms with van der Waals surface area (Å²) in [6.07, 6.45) is 0. The molecule has 2 heteroatoms. The predicted molar refractivity (Wildman–Crippen MR) is 60.8 cm³/mol. The molecule has 0 bridgehead atoms. The van der Waals surface area contributed by atoms with E-state index >= 15 is 0 Å². The first-order valence-electron chi connectivity index (χ1n) is 5.19. The summed E-state index contributed by atoms with van der Waals surface area (Å²) in [6.45, 7) is 8.57. The van der Waals surface area contributed by atoms with Crippen LogP contribution in [0.15, 0.2) is 18.2 Å². The molecule has 0 saturated carbocycles. The zero-order valence-electron chi connectivity index (χ0n) is 10.1. The van der Waals surface area contributed by atoms with Crippen LogP contribution in [0.3, 0.4) is 0 Å². The molecular formula is C13H19FO. The highest BCUT2D eigenvalue weighted by atomic mass is 19.1. The van der Waals surface area contributed by atoms with Gasteiger partial charge in [0.2, 0.25) is 0 Å². The summed E-state index contributed by atoms with van der Waals surface area (Å²) in [7, 11) is 1.48. The number of ether oxygens (including phenoxy) is 1. The molecule has 1 nitrogen and oxygen atoms in total. The van der Waals surface area contributed by atoms with Gasteiger partial charge in [0, 0.05) is 0 Å². The minimum atomic E-state index is -0.286. The van der Waals surface area contributed by atoms with Gasteiger partial charge in [0.15, 0.2) is 11.6 Å². The molecule has 0 aromatic heterocycles. The number of rotatable bonds is 2. The molecule has 1 atom stereocenters. The molecule has 0 aliphatic carbocycles. The zero-order valence-corrected chi connectivity index (χ0v) is 10.1. The van der Waals surface area contributed by atoms with Crippen molar-refractivity contribution in [2.45, 2.75) is 33.6 Å². The van der Waals surface area contributed by atoms with Crippen molar-refractivity contribution in [3.8, 4) is 5.75 Å². The van der Waals surface area contributed by atoms with Crippen LogP contribution >= 0.6 is 0 Å². The highest BCUT2D eigenvalue weighted by molar-refractivity contribution is 5.31. The maximum atomic E-state index is 13.5. The van der Waals surface area contributed by atoms with Gasteiger partial charge in [0.25, 0.3) is 0 Å². The third kappa shape index (κ3) is 2.71. The fourth-order valence-electron chi connectivity index (χ4n) is 1.45. The Labute approximate surface area is 91.3 Å². The van der Waals surface area contributed by atoms with Crippen LogP contribution in [-0.2, 0) is 0 Å². The molecule has 1 aromatic rings. The Bertz CT molecular complexity index is 339. The van der Waals surface area contributed by atoms with Crippen molar-refractivity contribution in [3.63, 3.8) is 0 Å². The number of methoxy groups -OCH3 is 1. The summed E-state index contributed by atoms with van der Waals surface area (Å²) in [6, 6.07) is 5.18. The van der Waals surface area contributed by atoms with E-state index in [0.717, 1.165) is 5.56 Å². The van der Waals surface area contributed by atoms with Crippen molar-refractivity contribution in [1.29, 1.82) is 0 Å². The van der Waals surface area contributed by atoms with E-state index in [4.69, 9.17) is 4.74 Å². The third-order valence-electron chi connectivity index (χ3n) is 2.97. The molecule has 1 unspecified atom stereocenters. The second kappa shape index (κ2) is 4.21. The molecule has 0 radical (unpaired) electrons. The Balaban J connectivity index is 3.02. The summed E-state index contributed by atoms with van der Waals surface area (Å²) >= 11 is 0. The maximum Gasteiger partial charge on any atom is 0.165 e. The second-order valence-corrected chi connectivity index (χ2v) is 4.98. The number of benzene rings is 1. The average Bonchev–Trinajstić information content (AvgIpc) is 2.15.